The van der Waals surface area contributed by atoms with E-state index in [1.807, 2.05) is 6.92 Å². The van der Waals surface area contributed by atoms with Gasteiger partial charge in [0.15, 0.2) is 0 Å². The highest BCUT2D eigenvalue weighted by Gasteiger charge is 2.02. The molecule has 0 radical (unpaired) electrons. The van der Waals surface area contributed by atoms with Gasteiger partial charge in [-0.15, -0.1) is 0 Å². The van der Waals surface area contributed by atoms with Gasteiger partial charge in [-0.2, -0.15) is 0 Å². The van der Waals surface area contributed by atoms with Crippen molar-refractivity contribution in [1.29, 1.82) is 0 Å². The van der Waals surface area contributed by atoms with E-state index in [9.17, 15) is 4.79 Å². The van der Waals surface area contributed by atoms with Crippen LogP contribution in [0.1, 0.15) is 19.8 Å². The second kappa shape index (κ2) is 5.05. The molecule has 1 atom stereocenters. The third-order valence-corrected chi connectivity index (χ3v) is 1.11. The molecule has 1 amide bonds. The molecule has 60 valence electrons. The van der Waals surface area contributed by atoms with E-state index < -0.39 is 12.2 Å². The molecule has 4 nitrogen and oxygen atoms in total. The van der Waals surface area contributed by atoms with E-state index in [1.54, 1.807) is 0 Å². The number of aliphatic hydroxyl groups is 1. The highest BCUT2D eigenvalue weighted by atomic mass is 16.4. The van der Waals surface area contributed by atoms with Crippen LogP contribution in [0.4, 0.5) is 4.79 Å². The summed E-state index contributed by atoms with van der Waals surface area (Å²) in [6.07, 6.45) is -0.126. The van der Waals surface area contributed by atoms with Gasteiger partial charge in [-0.05, 0) is 6.42 Å². The Balaban J connectivity index is 3.21. The van der Waals surface area contributed by atoms with Gasteiger partial charge in [0.2, 0.25) is 0 Å². The summed E-state index contributed by atoms with van der Waals surface area (Å²) in [5.41, 5.74) is 0. The SMILES string of the molecule is CCCC(O)CNC(=O)O. The van der Waals surface area contributed by atoms with E-state index in [2.05, 4.69) is 5.32 Å². The summed E-state index contributed by atoms with van der Waals surface area (Å²) in [4.78, 5) is 9.89. The Kier molecular flexibility index (Phi) is 4.66. The summed E-state index contributed by atoms with van der Waals surface area (Å²) < 4.78 is 0. The first-order chi connectivity index (χ1) is 4.66. The van der Waals surface area contributed by atoms with Gasteiger partial charge in [0.05, 0.1) is 6.10 Å². The van der Waals surface area contributed by atoms with Crippen LogP contribution in [0.3, 0.4) is 0 Å². The minimum atomic E-state index is -1.09. The van der Waals surface area contributed by atoms with Crippen molar-refractivity contribution in [2.24, 2.45) is 0 Å². The van der Waals surface area contributed by atoms with Crippen molar-refractivity contribution in [1.82, 2.24) is 5.32 Å². The van der Waals surface area contributed by atoms with Crippen molar-refractivity contribution < 1.29 is 15.0 Å². The first-order valence-corrected chi connectivity index (χ1v) is 3.31. The molecule has 0 aliphatic rings. The lowest BCUT2D eigenvalue weighted by atomic mass is 10.2. The molecule has 0 heterocycles. The van der Waals surface area contributed by atoms with Crippen molar-refractivity contribution >= 4 is 6.09 Å². The third kappa shape index (κ3) is 5.37. The molecular weight excluding hydrogens is 134 g/mol. The fraction of sp³-hybridized carbons (Fsp3) is 0.833. The van der Waals surface area contributed by atoms with Crippen molar-refractivity contribution in [2.75, 3.05) is 6.54 Å². The van der Waals surface area contributed by atoms with Gasteiger partial charge in [-0.3, -0.25) is 0 Å². The molecule has 0 aliphatic heterocycles. The molecular formula is C6H13NO3. The quantitative estimate of drug-likeness (QED) is 0.539. The van der Waals surface area contributed by atoms with E-state index in [0.29, 0.717) is 6.42 Å². The minimum absolute atomic E-state index is 0.128. The summed E-state index contributed by atoms with van der Waals surface area (Å²) >= 11 is 0. The number of hydrogen-bond acceptors (Lipinski definition) is 2. The highest BCUT2D eigenvalue weighted by Crippen LogP contribution is 1.93. The molecule has 1 unspecified atom stereocenters. The third-order valence-electron chi connectivity index (χ3n) is 1.11. The monoisotopic (exact) mass is 147 g/mol. The standard InChI is InChI=1S/C6H13NO3/c1-2-3-5(8)4-7-6(9)10/h5,7-8H,2-4H2,1H3,(H,9,10). The fourth-order valence-electron chi connectivity index (χ4n) is 0.640. The van der Waals surface area contributed by atoms with Crippen LogP contribution >= 0.6 is 0 Å². The summed E-state index contributed by atoms with van der Waals surface area (Å²) in [5.74, 6) is 0. The summed E-state index contributed by atoms with van der Waals surface area (Å²) in [5, 5.41) is 19.2. The van der Waals surface area contributed by atoms with Crippen LogP contribution in [0.15, 0.2) is 0 Å². The average molecular weight is 147 g/mol. The lowest BCUT2D eigenvalue weighted by molar-refractivity contribution is 0.150. The maximum atomic E-state index is 9.89. The van der Waals surface area contributed by atoms with Crippen LogP contribution in [0.5, 0.6) is 0 Å². The van der Waals surface area contributed by atoms with Gasteiger partial charge in [0, 0.05) is 6.54 Å². The zero-order chi connectivity index (χ0) is 7.98. The number of carbonyl (C=O) groups is 1. The van der Waals surface area contributed by atoms with Crippen LogP contribution in [-0.2, 0) is 0 Å². The summed E-state index contributed by atoms with van der Waals surface area (Å²) in [7, 11) is 0. The van der Waals surface area contributed by atoms with E-state index in [-0.39, 0.29) is 6.54 Å². The Bertz CT molecular complexity index is 105. The number of rotatable bonds is 4. The second-order valence-corrected chi connectivity index (χ2v) is 2.13. The smallest absolute Gasteiger partial charge is 0.404 e. The molecule has 0 aromatic heterocycles. The Morgan fingerprint density at radius 2 is 2.30 bits per heavy atom. The van der Waals surface area contributed by atoms with Crippen LogP contribution < -0.4 is 5.32 Å². The second-order valence-electron chi connectivity index (χ2n) is 2.13. The topological polar surface area (TPSA) is 69.6 Å². The zero-order valence-corrected chi connectivity index (χ0v) is 6.00. The molecule has 0 saturated carbocycles. The Hall–Kier alpha value is -0.770. The number of carboxylic acid groups (broad SMARTS) is 1. The molecule has 0 bridgehead atoms. The van der Waals surface area contributed by atoms with Gasteiger partial charge in [0.1, 0.15) is 0 Å². The first-order valence-electron chi connectivity index (χ1n) is 3.31. The van der Waals surface area contributed by atoms with Crippen molar-refractivity contribution in [2.45, 2.75) is 25.9 Å². The average Bonchev–Trinajstić information content (AvgIpc) is 1.85. The molecule has 0 saturated heterocycles. The lowest BCUT2D eigenvalue weighted by Crippen LogP contribution is -2.30. The fourth-order valence-corrected chi connectivity index (χ4v) is 0.640. The molecule has 3 N–H and O–H groups in total. The first kappa shape index (κ1) is 9.23. The normalized spacial score (nSPS) is 12.6. The summed E-state index contributed by atoms with van der Waals surface area (Å²) in [6, 6.07) is 0. The molecule has 0 aliphatic carbocycles. The zero-order valence-electron chi connectivity index (χ0n) is 6.00. The molecule has 0 aromatic carbocycles. The highest BCUT2D eigenvalue weighted by molar-refractivity contribution is 5.64. The van der Waals surface area contributed by atoms with Crippen LogP contribution in [0.2, 0.25) is 0 Å². The minimum Gasteiger partial charge on any atom is -0.465 e. The lowest BCUT2D eigenvalue weighted by Gasteiger charge is -2.07. The molecule has 0 aromatic rings. The predicted molar refractivity (Wildman–Crippen MR) is 36.9 cm³/mol. The van der Waals surface area contributed by atoms with Crippen LogP contribution in [-0.4, -0.2) is 29.0 Å². The Labute approximate surface area is 59.9 Å². The molecule has 0 fully saturated rings. The molecule has 10 heavy (non-hydrogen) atoms. The summed E-state index contributed by atoms with van der Waals surface area (Å²) in [6.45, 7) is 2.06. The van der Waals surface area contributed by atoms with Gasteiger partial charge in [-0.1, -0.05) is 13.3 Å². The van der Waals surface area contributed by atoms with Gasteiger partial charge >= 0.3 is 6.09 Å². The van der Waals surface area contributed by atoms with Gasteiger partial charge < -0.3 is 15.5 Å². The predicted octanol–water partition coefficient (Wildman–Crippen LogP) is 0.415. The molecule has 4 heteroatoms. The van der Waals surface area contributed by atoms with Crippen molar-refractivity contribution in [3.05, 3.63) is 0 Å². The van der Waals surface area contributed by atoms with Crippen molar-refractivity contribution in [3.8, 4) is 0 Å². The van der Waals surface area contributed by atoms with E-state index in [4.69, 9.17) is 10.2 Å². The Morgan fingerprint density at radius 3 is 2.70 bits per heavy atom. The Morgan fingerprint density at radius 1 is 1.70 bits per heavy atom. The van der Waals surface area contributed by atoms with E-state index >= 15 is 0 Å². The largest absolute Gasteiger partial charge is 0.465 e. The molecule has 0 rings (SSSR count). The number of amides is 1. The van der Waals surface area contributed by atoms with E-state index in [0.717, 1.165) is 6.42 Å². The number of hydrogen-bond donors (Lipinski definition) is 3. The van der Waals surface area contributed by atoms with E-state index in [1.165, 1.54) is 0 Å². The van der Waals surface area contributed by atoms with Crippen LogP contribution in [0.25, 0.3) is 0 Å². The number of nitrogens with one attached hydrogen (secondary N) is 1. The maximum Gasteiger partial charge on any atom is 0.404 e. The molecule has 0 spiro atoms. The number of aliphatic hydroxyl groups excluding tert-OH is 1. The van der Waals surface area contributed by atoms with Gasteiger partial charge in [-0.25, -0.2) is 4.79 Å². The van der Waals surface area contributed by atoms with Crippen molar-refractivity contribution in [3.63, 3.8) is 0 Å². The van der Waals surface area contributed by atoms with Gasteiger partial charge in [0.25, 0.3) is 0 Å². The van der Waals surface area contributed by atoms with Crippen LogP contribution in [0, 0.1) is 0 Å². The maximum absolute atomic E-state index is 9.89.